The van der Waals surface area contributed by atoms with E-state index in [0.717, 1.165) is 27.2 Å². The Labute approximate surface area is 177 Å². The Hall–Kier alpha value is -2.86. The Morgan fingerprint density at radius 1 is 1.03 bits per heavy atom. The van der Waals surface area contributed by atoms with E-state index in [4.69, 9.17) is 9.47 Å². The van der Waals surface area contributed by atoms with E-state index in [1.165, 1.54) is 7.05 Å². The van der Waals surface area contributed by atoms with Crippen molar-refractivity contribution in [2.24, 2.45) is 0 Å². The minimum Gasteiger partial charge on any atom is -0.480 e. The summed E-state index contributed by atoms with van der Waals surface area (Å²) in [4.78, 5) is 25.7. The topological polar surface area (TPSA) is 76.1 Å². The largest absolute Gasteiger partial charge is 0.480 e. The van der Waals surface area contributed by atoms with Gasteiger partial charge in [-0.15, -0.1) is 0 Å². The van der Waals surface area contributed by atoms with Crippen LogP contribution < -0.4 is 0 Å². The molecule has 1 aliphatic rings. The molecule has 2 aromatic rings. The fourth-order valence-electron chi connectivity index (χ4n) is 4.11. The van der Waals surface area contributed by atoms with Crippen molar-refractivity contribution in [3.63, 3.8) is 0 Å². The first-order chi connectivity index (χ1) is 14.1. The van der Waals surface area contributed by atoms with Crippen LogP contribution in [0, 0.1) is 0 Å². The van der Waals surface area contributed by atoms with Gasteiger partial charge in [0.15, 0.2) is 6.04 Å². The number of ether oxygens (including phenoxy) is 2. The second kappa shape index (κ2) is 8.48. The highest BCUT2D eigenvalue weighted by molar-refractivity contribution is 5.81. The summed E-state index contributed by atoms with van der Waals surface area (Å²) in [5, 5.41) is 9.67. The van der Waals surface area contributed by atoms with E-state index in [1.807, 2.05) is 57.2 Å². The van der Waals surface area contributed by atoms with Crippen LogP contribution in [-0.4, -0.2) is 53.5 Å². The van der Waals surface area contributed by atoms with Crippen LogP contribution in [0.3, 0.4) is 0 Å². The van der Waals surface area contributed by atoms with Crippen LogP contribution >= 0.6 is 0 Å². The first-order valence-corrected chi connectivity index (χ1v) is 10.1. The average molecular weight is 411 g/mol. The van der Waals surface area contributed by atoms with Gasteiger partial charge in [0.05, 0.1) is 11.7 Å². The molecule has 30 heavy (non-hydrogen) atoms. The number of carboxylic acid groups (broad SMARTS) is 1. The lowest BCUT2D eigenvalue weighted by atomic mass is 9.98. The van der Waals surface area contributed by atoms with Gasteiger partial charge in [-0.3, -0.25) is 4.90 Å². The second-order valence-corrected chi connectivity index (χ2v) is 8.63. The number of carbonyl (C=O) groups is 2. The monoisotopic (exact) mass is 411 g/mol. The number of likely N-dealkylation sites (N-methyl/N-ethyl adjacent to an activating group) is 1. The molecular formula is C24H29NO5. The number of hydrogen-bond donors (Lipinski definition) is 1. The third-order valence-corrected chi connectivity index (χ3v) is 5.28. The van der Waals surface area contributed by atoms with Gasteiger partial charge in [-0.25, -0.2) is 9.59 Å². The number of hydrogen-bond acceptors (Lipinski definition) is 4. The average Bonchev–Trinajstić information content (AvgIpc) is 2.98. The summed E-state index contributed by atoms with van der Waals surface area (Å²) in [6.07, 6.45) is -1.39. The molecule has 0 saturated carbocycles. The molecule has 6 nitrogen and oxygen atoms in total. The molecule has 160 valence electrons. The summed E-state index contributed by atoms with van der Waals surface area (Å²) in [5.74, 6) is -1.22. The highest BCUT2D eigenvalue weighted by Gasteiger charge is 2.36. The van der Waals surface area contributed by atoms with Gasteiger partial charge in [0.25, 0.3) is 0 Å². The molecule has 0 spiro atoms. The van der Waals surface area contributed by atoms with Crippen LogP contribution in [-0.2, 0) is 14.3 Å². The maximum atomic E-state index is 12.7. The Balaban J connectivity index is 1.74. The number of carboxylic acids is 1. The standard InChI is InChI=1S/C24H29NO5/c1-15(30-24(2,3)4)21(22(26)27)25(5)23(28)29-14-20-18-12-8-6-10-16(18)17-11-7-9-13-19(17)20/h6-13,15,20-21H,14H2,1-5H3,(H,26,27)/t15-,21+/m0/s1. The summed E-state index contributed by atoms with van der Waals surface area (Å²) in [5.41, 5.74) is 3.95. The molecule has 0 aliphatic heterocycles. The molecule has 2 aromatic carbocycles. The normalized spacial score (nSPS) is 15.1. The molecule has 6 heteroatoms. The molecule has 0 heterocycles. The summed E-state index contributed by atoms with van der Waals surface area (Å²) in [6.45, 7) is 7.32. The Morgan fingerprint density at radius 3 is 2.00 bits per heavy atom. The third kappa shape index (κ3) is 4.49. The van der Waals surface area contributed by atoms with Crippen molar-refractivity contribution in [2.45, 2.75) is 51.4 Å². The third-order valence-electron chi connectivity index (χ3n) is 5.28. The van der Waals surface area contributed by atoms with Gasteiger partial charge >= 0.3 is 12.1 Å². The molecule has 2 atom stereocenters. The number of fused-ring (bicyclic) bond motifs is 3. The molecule has 0 radical (unpaired) electrons. The summed E-state index contributed by atoms with van der Waals surface area (Å²) in [6, 6.07) is 15.0. The molecule has 3 rings (SSSR count). The van der Waals surface area contributed by atoms with E-state index in [2.05, 4.69) is 12.1 Å². The number of rotatable bonds is 6. The minimum atomic E-state index is -1.15. The predicted octanol–water partition coefficient (Wildman–Crippen LogP) is 4.52. The zero-order valence-corrected chi connectivity index (χ0v) is 18.1. The van der Waals surface area contributed by atoms with E-state index in [1.54, 1.807) is 6.92 Å². The van der Waals surface area contributed by atoms with E-state index < -0.39 is 29.8 Å². The van der Waals surface area contributed by atoms with Crippen LogP contribution in [0.1, 0.15) is 44.7 Å². The molecule has 0 fully saturated rings. The molecule has 0 aromatic heterocycles. The van der Waals surface area contributed by atoms with E-state index in [0.29, 0.717) is 0 Å². The first kappa shape index (κ1) is 21.8. The van der Waals surface area contributed by atoms with Crippen LogP contribution in [0.2, 0.25) is 0 Å². The van der Waals surface area contributed by atoms with Crippen molar-refractivity contribution in [3.05, 3.63) is 59.7 Å². The highest BCUT2D eigenvalue weighted by Crippen LogP contribution is 2.44. The van der Waals surface area contributed by atoms with Crippen LogP contribution in [0.5, 0.6) is 0 Å². The van der Waals surface area contributed by atoms with Gasteiger partial charge in [0.2, 0.25) is 0 Å². The van der Waals surface area contributed by atoms with Crippen LogP contribution in [0.15, 0.2) is 48.5 Å². The van der Waals surface area contributed by atoms with Gasteiger partial charge in [-0.2, -0.15) is 0 Å². The maximum Gasteiger partial charge on any atom is 0.410 e. The first-order valence-electron chi connectivity index (χ1n) is 10.1. The van der Waals surface area contributed by atoms with Gasteiger partial charge in [0.1, 0.15) is 6.61 Å². The van der Waals surface area contributed by atoms with E-state index in [9.17, 15) is 14.7 Å². The molecule has 0 unspecified atom stereocenters. The van der Waals surface area contributed by atoms with Crippen molar-refractivity contribution in [1.29, 1.82) is 0 Å². The molecule has 1 N–H and O–H groups in total. The van der Waals surface area contributed by atoms with Gasteiger partial charge in [0, 0.05) is 13.0 Å². The smallest absolute Gasteiger partial charge is 0.410 e. The summed E-state index contributed by atoms with van der Waals surface area (Å²) < 4.78 is 11.4. The van der Waals surface area contributed by atoms with Gasteiger partial charge in [-0.05, 0) is 49.9 Å². The van der Waals surface area contributed by atoms with E-state index >= 15 is 0 Å². The SMILES string of the molecule is C[C@H](OC(C)(C)C)[C@H](C(=O)O)N(C)C(=O)OCC1c2ccccc2-c2ccccc21. The quantitative estimate of drug-likeness (QED) is 0.756. The van der Waals surface area contributed by atoms with Gasteiger partial charge in [-0.1, -0.05) is 48.5 Å². The van der Waals surface area contributed by atoms with Crippen molar-refractivity contribution < 1.29 is 24.2 Å². The molecule has 0 saturated heterocycles. The van der Waals surface area contributed by atoms with Crippen LogP contribution in [0.25, 0.3) is 11.1 Å². The second-order valence-electron chi connectivity index (χ2n) is 8.63. The van der Waals surface area contributed by atoms with Crippen LogP contribution in [0.4, 0.5) is 4.79 Å². The highest BCUT2D eigenvalue weighted by atomic mass is 16.6. The predicted molar refractivity (Wildman–Crippen MR) is 115 cm³/mol. The fourth-order valence-corrected chi connectivity index (χ4v) is 4.11. The zero-order valence-electron chi connectivity index (χ0n) is 18.1. The maximum absolute atomic E-state index is 12.7. The Kier molecular flexibility index (Phi) is 6.17. The lowest BCUT2D eigenvalue weighted by Gasteiger charge is -2.33. The summed E-state index contributed by atoms with van der Waals surface area (Å²) >= 11 is 0. The number of nitrogens with zero attached hydrogens (tertiary/aromatic N) is 1. The number of aliphatic carboxylic acids is 1. The number of amides is 1. The van der Waals surface area contributed by atoms with Crippen molar-refractivity contribution in [2.75, 3.05) is 13.7 Å². The zero-order chi connectivity index (χ0) is 22.1. The molecular weight excluding hydrogens is 382 g/mol. The Morgan fingerprint density at radius 2 is 1.53 bits per heavy atom. The van der Waals surface area contributed by atoms with Crippen molar-refractivity contribution in [3.8, 4) is 11.1 Å². The molecule has 0 bridgehead atoms. The van der Waals surface area contributed by atoms with Gasteiger partial charge < -0.3 is 14.6 Å². The van der Waals surface area contributed by atoms with E-state index in [-0.39, 0.29) is 12.5 Å². The minimum absolute atomic E-state index is 0.0822. The lowest BCUT2D eigenvalue weighted by Crippen LogP contribution is -2.51. The number of carbonyl (C=O) groups excluding carboxylic acids is 1. The van der Waals surface area contributed by atoms with Crippen molar-refractivity contribution >= 4 is 12.1 Å². The molecule has 1 aliphatic carbocycles. The fraction of sp³-hybridized carbons (Fsp3) is 0.417. The number of benzene rings is 2. The summed E-state index contributed by atoms with van der Waals surface area (Å²) in [7, 11) is 1.43. The lowest BCUT2D eigenvalue weighted by molar-refractivity contribution is -0.153. The molecule has 1 amide bonds. The Bertz CT molecular complexity index is 888. The van der Waals surface area contributed by atoms with Crippen molar-refractivity contribution in [1.82, 2.24) is 4.90 Å².